The molecule has 0 unspecified atom stereocenters. The maximum absolute atomic E-state index is 12.5. The van der Waals surface area contributed by atoms with Crippen molar-refractivity contribution < 1.29 is 14.3 Å². The van der Waals surface area contributed by atoms with E-state index in [1.165, 1.54) is 81.1 Å². The Hall–Kier alpha value is -2.60. The lowest BCUT2D eigenvalue weighted by molar-refractivity contribution is -0.116. The van der Waals surface area contributed by atoms with Crippen molar-refractivity contribution in [2.75, 3.05) is 31.0 Å². The fourth-order valence-electron chi connectivity index (χ4n) is 5.45. The number of amides is 1. The van der Waals surface area contributed by atoms with Crippen molar-refractivity contribution in [2.24, 2.45) is 0 Å². The molecule has 2 aromatic rings. The molecular formula is C36H54N2O3S. The third-order valence-corrected chi connectivity index (χ3v) is 8.97. The highest BCUT2D eigenvalue weighted by Gasteiger charge is 2.14. The van der Waals surface area contributed by atoms with Crippen LogP contribution in [0, 0.1) is 0 Å². The maximum Gasteiger partial charge on any atom is 0.223 e. The minimum atomic E-state index is 0.0502. The summed E-state index contributed by atoms with van der Waals surface area (Å²) in [6.45, 7) is 8.27. The molecule has 6 heteroatoms. The molecule has 0 atom stereocenters. The molecule has 0 aromatic heterocycles. The number of unbranched alkanes of at least 4 members (excludes halogenated alkanes) is 11. The van der Waals surface area contributed by atoms with Gasteiger partial charge in [-0.05, 0) is 60.1 Å². The van der Waals surface area contributed by atoms with Crippen LogP contribution in [0.1, 0.15) is 109 Å². The zero-order chi connectivity index (χ0) is 30.0. The standard InChI is InChI=1S/C36H54N2O3S/c1-5-6-7-8-9-10-11-12-13-14-15-16-25-41-36-26-32(19-22-35(36)40-4)23-24-38(31(3)39)34-20-17-33(18-21-34)28-37-27-30(2)42-29-37/h17-22,26-27H,5-16,23-25,28-29H2,1-4H3. The van der Waals surface area contributed by atoms with Gasteiger partial charge in [-0.15, -0.1) is 11.8 Å². The first-order valence-electron chi connectivity index (χ1n) is 16.2. The van der Waals surface area contributed by atoms with Crippen molar-refractivity contribution in [3.63, 3.8) is 0 Å². The summed E-state index contributed by atoms with van der Waals surface area (Å²) >= 11 is 1.87. The van der Waals surface area contributed by atoms with E-state index in [1.54, 1.807) is 14.0 Å². The van der Waals surface area contributed by atoms with Crippen molar-refractivity contribution in [3.8, 4) is 11.5 Å². The second-order valence-corrected chi connectivity index (χ2v) is 12.8. The quantitative estimate of drug-likeness (QED) is 0.135. The number of carbonyl (C=O) groups excluding carboxylic acids is 1. The van der Waals surface area contributed by atoms with Crippen molar-refractivity contribution in [2.45, 2.75) is 111 Å². The number of rotatable bonds is 21. The van der Waals surface area contributed by atoms with E-state index >= 15 is 0 Å². The van der Waals surface area contributed by atoms with Gasteiger partial charge >= 0.3 is 0 Å². The van der Waals surface area contributed by atoms with Crippen molar-refractivity contribution >= 4 is 23.4 Å². The van der Waals surface area contributed by atoms with Crippen LogP contribution in [0.2, 0.25) is 0 Å². The fourth-order valence-corrected chi connectivity index (χ4v) is 6.21. The highest BCUT2D eigenvalue weighted by atomic mass is 32.2. The highest BCUT2D eigenvalue weighted by molar-refractivity contribution is 8.03. The first-order chi connectivity index (χ1) is 20.5. The SMILES string of the molecule is CCCCCCCCCCCCCCOc1cc(CCN(C(C)=O)c2ccc(CN3C=C(C)SC3)cc2)ccc1OC. The Balaban J connectivity index is 1.40. The van der Waals surface area contributed by atoms with Gasteiger partial charge in [0, 0.05) is 31.9 Å². The fraction of sp³-hybridized carbons (Fsp3) is 0.583. The number of ether oxygens (including phenoxy) is 2. The van der Waals surface area contributed by atoms with E-state index in [1.807, 2.05) is 22.7 Å². The molecule has 1 aliphatic rings. The summed E-state index contributed by atoms with van der Waals surface area (Å²) in [5.41, 5.74) is 3.32. The molecule has 1 amide bonds. The third kappa shape index (κ3) is 12.3. The Morgan fingerprint density at radius 3 is 2.05 bits per heavy atom. The van der Waals surface area contributed by atoms with Crippen LogP contribution in [0.5, 0.6) is 11.5 Å². The van der Waals surface area contributed by atoms with E-state index < -0.39 is 0 Å². The lowest BCUT2D eigenvalue weighted by atomic mass is 10.1. The molecule has 1 heterocycles. The van der Waals surface area contributed by atoms with Crippen LogP contribution in [0.3, 0.4) is 0 Å². The molecule has 3 rings (SSSR count). The number of nitrogens with zero attached hydrogens (tertiary/aromatic N) is 2. The predicted octanol–water partition coefficient (Wildman–Crippen LogP) is 9.74. The molecule has 0 saturated heterocycles. The van der Waals surface area contributed by atoms with Gasteiger partial charge in [0.2, 0.25) is 5.91 Å². The number of hydrogen-bond acceptors (Lipinski definition) is 5. The Morgan fingerprint density at radius 2 is 1.48 bits per heavy atom. The monoisotopic (exact) mass is 594 g/mol. The van der Waals surface area contributed by atoms with Crippen LogP contribution < -0.4 is 14.4 Å². The largest absolute Gasteiger partial charge is 0.493 e. The van der Waals surface area contributed by atoms with Crippen LogP contribution in [0.15, 0.2) is 53.6 Å². The minimum Gasteiger partial charge on any atom is -0.493 e. The number of benzene rings is 2. The molecule has 0 bridgehead atoms. The summed E-state index contributed by atoms with van der Waals surface area (Å²) in [7, 11) is 1.69. The Morgan fingerprint density at radius 1 is 0.857 bits per heavy atom. The molecule has 0 saturated carbocycles. The number of methoxy groups -OCH3 is 1. The average molecular weight is 595 g/mol. The summed E-state index contributed by atoms with van der Waals surface area (Å²) in [6.07, 6.45) is 18.9. The number of hydrogen-bond donors (Lipinski definition) is 0. The molecule has 0 fully saturated rings. The van der Waals surface area contributed by atoms with Crippen LogP contribution in [0.25, 0.3) is 0 Å². The van der Waals surface area contributed by atoms with Gasteiger partial charge in [-0.3, -0.25) is 4.79 Å². The second-order valence-electron chi connectivity index (χ2n) is 11.6. The van der Waals surface area contributed by atoms with E-state index in [2.05, 4.69) is 61.3 Å². The highest BCUT2D eigenvalue weighted by Crippen LogP contribution is 2.29. The summed E-state index contributed by atoms with van der Waals surface area (Å²) in [5.74, 6) is 2.61. The topological polar surface area (TPSA) is 42.0 Å². The van der Waals surface area contributed by atoms with Crippen molar-refractivity contribution in [1.82, 2.24) is 4.90 Å². The summed E-state index contributed by atoms with van der Waals surface area (Å²) in [4.78, 5) is 18.1. The van der Waals surface area contributed by atoms with Crippen molar-refractivity contribution in [3.05, 3.63) is 64.7 Å². The predicted molar refractivity (Wildman–Crippen MR) is 179 cm³/mol. The second kappa shape index (κ2) is 19.6. The molecule has 0 N–H and O–H groups in total. The average Bonchev–Trinajstić information content (AvgIpc) is 3.40. The van der Waals surface area contributed by atoms with Crippen molar-refractivity contribution in [1.29, 1.82) is 0 Å². The smallest absolute Gasteiger partial charge is 0.223 e. The van der Waals surface area contributed by atoms with E-state index in [0.29, 0.717) is 13.2 Å². The number of anilines is 1. The Bertz CT molecular complexity index is 1090. The van der Waals surface area contributed by atoms with E-state index in [4.69, 9.17) is 9.47 Å². The van der Waals surface area contributed by atoms with E-state index in [-0.39, 0.29) is 5.91 Å². The van der Waals surface area contributed by atoms with Gasteiger partial charge in [0.1, 0.15) is 0 Å². The zero-order valence-electron chi connectivity index (χ0n) is 26.7. The zero-order valence-corrected chi connectivity index (χ0v) is 27.5. The Labute approximate surface area is 260 Å². The molecule has 42 heavy (non-hydrogen) atoms. The van der Waals surface area contributed by atoms with Crippen LogP contribution in [-0.4, -0.2) is 36.9 Å². The minimum absolute atomic E-state index is 0.0502. The maximum atomic E-state index is 12.5. The molecule has 0 spiro atoms. The number of thioether (sulfide) groups is 1. The summed E-state index contributed by atoms with van der Waals surface area (Å²) < 4.78 is 11.7. The molecule has 0 aliphatic carbocycles. The van der Waals surface area contributed by atoms with Crippen LogP contribution in [-0.2, 0) is 17.8 Å². The van der Waals surface area contributed by atoms with Gasteiger partial charge in [0.15, 0.2) is 11.5 Å². The van der Waals surface area contributed by atoms with E-state index in [9.17, 15) is 4.79 Å². The lowest BCUT2D eigenvalue weighted by Crippen LogP contribution is -2.30. The lowest BCUT2D eigenvalue weighted by Gasteiger charge is -2.22. The normalized spacial score (nSPS) is 12.9. The summed E-state index contributed by atoms with van der Waals surface area (Å²) in [6, 6.07) is 14.5. The van der Waals surface area contributed by atoms with Crippen LogP contribution >= 0.6 is 11.8 Å². The van der Waals surface area contributed by atoms with Gasteiger partial charge in [0.25, 0.3) is 0 Å². The summed E-state index contributed by atoms with van der Waals surface area (Å²) in [5, 5.41) is 0. The van der Waals surface area contributed by atoms with E-state index in [0.717, 1.165) is 48.0 Å². The van der Waals surface area contributed by atoms with Gasteiger partial charge in [-0.1, -0.05) is 95.8 Å². The molecule has 1 aliphatic heterocycles. The number of allylic oxidation sites excluding steroid dienone is 1. The van der Waals surface area contributed by atoms with Gasteiger partial charge in [0.05, 0.1) is 19.6 Å². The molecule has 5 nitrogen and oxygen atoms in total. The Kier molecular flexibility index (Phi) is 15.8. The molecule has 232 valence electrons. The first-order valence-corrected chi connectivity index (χ1v) is 17.2. The van der Waals surface area contributed by atoms with Gasteiger partial charge in [-0.25, -0.2) is 0 Å². The van der Waals surface area contributed by atoms with Gasteiger partial charge < -0.3 is 19.3 Å². The number of carbonyl (C=O) groups is 1. The molecular weight excluding hydrogens is 540 g/mol. The van der Waals surface area contributed by atoms with Crippen LogP contribution in [0.4, 0.5) is 5.69 Å². The van der Waals surface area contributed by atoms with Gasteiger partial charge in [-0.2, -0.15) is 0 Å². The third-order valence-electron chi connectivity index (χ3n) is 7.94. The first kappa shape index (κ1) is 33.9. The molecule has 0 radical (unpaired) electrons. The molecule has 2 aromatic carbocycles.